The molecule has 11 nitrogen and oxygen atoms in total. The molecule has 2 aliphatic rings. The van der Waals surface area contributed by atoms with Crippen LogP contribution < -0.4 is 11.1 Å². The number of carbonyl (C=O) groups excluding carboxylic acids is 4. The van der Waals surface area contributed by atoms with Crippen LogP contribution in [0.2, 0.25) is 0 Å². The first-order valence-corrected chi connectivity index (χ1v) is 10.4. The summed E-state index contributed by atoms with van der Waals surface area (Å²) >= 11 is 2.38. The molecule has 0 aromatic carbocycles. The minimum atomic E-state index is -2.13. The summed E-state index contributed by atoms with van der Waals surface area (Å²) in [4.78, 5) is 61.4. The number of thiophene rings is 1. The number of carbonyl (C=O) groups is 5. The van der Waals surface area contributed by atoms with E-state index in [0.717, 1.165) is 21.5 Å². The molecule has 2 atom stereocenters. The largest absolute Gasteiger partial charge is 0.477 e. The Balaban J connectivity index is 1.88. The molecular weight excluding hydrogens is 438 g/mol. The van der Waals surface area contributed by atoms with Gasteiger partial charge in [0, 0.05) is 23.1 Å². The maximum absolute atomic E-state index is 13.0. The van der Waals surface area contributed by atoms with Gasteiger partial charge in [-0.2, -0.15) is 0 Å². The molecule has 0 aliphatic carbocycles. The molecular formula is C17H17N3O8S2. The number of nitrogens with zero attached hydrogens (tertiary/aromatic N) is 1. The van der Waals surface area contributed by atoms with Gasteiger partial charge in [-0.15, -0.1) is 23.1 Å². The number of carboxylic acids is 1. The molecule has 1 aromatic rings. The summed E-state index contributed by atoms with van der Waals surface area (Å²) in [7, 11) is 0. The van der Waals surface area contributed by atoms with Crippen molar-refractivity contribution in [2.45, 2.75) is 24.4 Å². The average Bonchev–Trinajstić information content (AvgIpc) is 3.16. The molecule has 0 bridgehead atoms. The molecule has 1 saturated heterocycles. The SMILES string of the molecule is CC(=O)OCC1=C(C(=O)O)N2C(=O)[C@@](NC(=O)Cc3cccs3)(OC(N)=O)[C@H]2SC1. The van der Waals surface area contributed by atoms with E-state index in [9.17, 15) is 29.1 Å². The fraction of sp³-hybridized carbons (Fsp3) is 0.353. The predicted molar refractivity (Wildman–Crippen MR) is 104 cm³/mol. The van der Waals surface area contributed by atoms with Gasteiger partial charge in [-0.1, -0.05) is 6.07 Å². The number of ether oxygens (including phenoxy) is 2. The molecule has 160 valence electrons. The van der Waals surface area contributed by atoms with Gasteiger partial charge in [0.2, 0.25) is 5.91 Å². The van der Waals surface area contributed by atoms with Crippen molar-refractivity contribution in [1.29, 1.82) is 0 Å². The van der Waals surface area contributed by atoms with Crippen LogP contribution in [0.25, 0.3) is 0 Å². The Kier molecular flexibility index (Phi) is 6.03. The number of hydrogen-bond acceptors (Lipinski definition) is 9. The summed E-state index contributed by atoms with van der Waals surface area (Å²) in [5, 5.41) is 12.7. The fourth-order valence-corrected chi connectivity index (χ4v) is 5.18. The van der Waals surface area contributed by atoms with Crippen molar-refractivity contribution in [2.24, 2.45) is 5.73 Å². The highest BCUT2D eigenvalue weighted by Gasteiger charge is 2.68. The number of rotatable bonds is 7. The van der Waals surface area contributed by atoms with Gasteiger partial charge in [0.25, 0.3) is 11.6 Å². The number of nitrogens with one attached hydrogen (secondary N) is 1. The molecule has 1 aromatic heterocycles. The normalized spacial score (nSPS) is 22.6. The van der Waals surface area contributed by atoms with E-state index in [0.29, 0.717) is 0 Å². The first-order chi connectivity index (χ1) is 14.2. The van der Waals surface area contributed by atoms with Gasteiger partial charge in [-0.25, -0.2) is 9.59 Å². The number of hydrogen-bond donors (Lipinski definition) is 3. The number of esters is 1. The van der Waals surface area contributed by atoms with E-state index in [2.05, 4.69) is 5.32 Å². The van der Waals surface area contributed by atoms with Gasteiger partial charge in [0.15, 0.2) is 5.37 Å². The number of carboxylic acid groups (broad SMARTS) is 1. The monoisotopic (exact) mass is 455 g/mol. The quantitative estimate of drug-likeness (QED) is 0.292. The van der Waals surface area contributed by atoms with Gasteiger partial charge in [0.1, 0.15) is 12.3 Å². The Bertz CT molecular complexity index is 945. The Labute approximate surface area is 178 Å². The second-order valence-corrected chi connectivity index (χ2v) is 8.44. The lowest BCUT2D eigenvalue weighted by atomic mass is 9.98. The summed E-state index contributed by atoms with van der Waals surface area (Å²) in [6.07, 6.45) is -1.36. The van der Waals surface area contributed by atoms with E-state index in [1.54, 1.807) is 17.5 Å². The summed E-state index contributed by atoms with van der Waals surface area (Å²) in [5.41, 5.74) is 2.80. The highest BCUT2D eigenvalue weighted by molar-refractivity contribution is 8.00. The van der Waals surface area contributed by atoms with Crippen molar-refractivity contribution >= 4 is 52.9 Å². The molecule has 3 heterocycles. The molecule has 4 N–H and O–H groups in total. The molecule has 1 fully saturated rings. The maximum atomic E-state index is 13.0. The minimum Gasteiger partial charge on any atom is -0.477 e. The van der Waals surface area contributed by atoms with Gasteiger partial charge in [-0.3, -0.25) is 19.3 Å². The molecule has 3 rings (SSSR count). The average molecular weight is 455 g/mol. The van der Waals surface area contributed by atoms with Crippen LogP contribution in [0.5, 0.6) is 0 Å². The summed E-state index contributed by atoms with van der Waals surface area (Å²) in [6.45, 7) is 0.859. The number of primary amides is 1. The smallest absolute Gasteiger partial charge is 0.407 e. The van der Waals surface area contributed by atoms with Crippen molar-refractivity contribution < 1.29 is 38.6 Å². The third kappa shape index (κ3) is 3.98. The molecule has 0 saturated carbocycles. The zero-order valence-electron chi connectivity index (χ0n) is 15.6. The van der Waals surface area contributed by atoms with Crippen molar-refractivity contribution in [3.8, 4) is 0 Å². The van der Waals surface area contributed by atoms with Gasteiger partial charge < -0.3 is 25.6 Å². The van der Waals surface area contributed by atoms with Gasteiger partial charge in [0.05, 0.1) is 6.42 Å². The predicted octanol–water partition coefficient (Wildman–Crippen LogP) is 0.0153. The van der Waals surface area contributed by atoms with Gasteiger partial charge in [-0.05, 0) is 11.4 Å². The molecule has 3 amide bonds. The lowest BCUT2D eigenvalue weighted by Crippen LogP contribution is -2.81. The number of β-lactam (4-membered cyclic amide) rings is 1. The summed E-state index contributed by atoms with van der Waals surface area (Å²) in [6, 6.07) is 3.48. The van der Waals surface area contributed by atoms with Crippen LogP contribution >= 0.6 is 23.1 Å². The molecule has 30 heavy (non-hydrogen) atoms. The lowest BCUT2D eigenvalue weighted by Gasteiger charge is -2.55. The number of fused-ring (bicyclic) bond motifs is 1. The molecule has 0 unspecified atom stereocenters. The summed E-state index contributed by atoms with van der Waals surface area (Å²) in [5.74, 6) is -3.53. The topological polar surface area (TPSA) is 165 Å². The van der Waals surface area contributed by atoms with Crippen molar-refractivity contribution in [3.05, 3.63) is 33.7 Å². The van der Waals surface area contributed by atoms with Gasteiger partial charge >= 0.3 is 18.0 Å². The number of aliphatic carboxylic acids is 1. The highest BCUT2D eigenvalue weighted by Crippen LogP contribution is 2.47. The van der Waals surface area contributed by atoms with Crippen LogP contribution in [0.1, 0.15) is 11.8 Å². The first-order valence-electron chi connectivity index (χ1n) is 8.51. The standard InChI is InChI=1S/C17H17N3O8S2/c1-8(21)27-6-9-7-30-15-17(28-16(18)26,14(25)20(15)12(9)13(23)24)19-11(22)5-10-3-2-4-29-10/h2-4,15H,5-7H2,1H3,(H2,18,26)(H,19,22)(H,23,24)/t15-,17-/m1/s1. The Morgan fingerprint density at radius 2 is 2.13 bits per heavy atom. The fourth-order valence-electron chi connectivity index (χ4n) is 3.10. The second kappa shape index (κ2) is 8.36. The molecule has 0 spiro atoms. The highest BCUT2D eigenvalue weighted by atomic mass is 32.2. The van der Waals surface area contributed by atoms with E-state index >= 15 is 0 Å². The van der Waals surface area contributed by atoms with E-state index in [1.807, 2.05) is 0 Å². The molecule has 13 heteroatoms. The third-order valence-electron chi connectivity index (χ3n) is 4.26. The van der Waals surface area contributed by atoms with Crippen LogP contribution in [0.3, 0.4) is 0 Å². The molecule has 2 aliphatic heterocycles. The second-order valence-electron chi connectivity index (χ2n) is 6.34. The molecule has 0 radical (unpaired) electrons. The zero-order valence-corrected chi connectivity index (χ0v) is 17.2. The van der Waals surface area contributed by atoms with Crippen molar-refractivity contribution in [2.75, 3.05) is 12.4 Å². The minimum absolute atomic E-state index is 0.0635. The Hall–Kier alpha value is -3.06. The van der Waals surface area contributed by atoms with Crippen LogP contribution in [0, 0.1) is 0 Å². The van der Waals surface area contributed by atoms with E-state index < -0.39 is 40.9 Å². The van der Waals surface area contributed by atoms with E-state index in [1.165, 1.54) is 18.3 Å². The lowest BCUT2D eigenvalue weighted by molar-refractivity contribution is -0.185. The third-order valence-corrected chi connectivity index (χ3v) is 6.51. The Morgan fingerprint density at radius 3 is 2.70 bits per heavy atom. The first kappa shape index (κ1) is 21.6. The number of amides is 3. The number of thioether (sulfide) groups is 1. The van der Waals surface area contributed by atoms with Crippen LogP contribution in [-0.2, 0) is 35.1 Å². The number of nitrogens with two attached hydrogens (primary N) is 1. The van der Waals surface area contributed by atoms with Crippen LogP contribution in [0.4, 0.5) is 4.79 Å². The summed E-state index contributed by atoms with van der Waals surface area (Å²) < 4.78 is 9.86. The maximum Gasteiger partial charge on any atom is 0.407 e. The van der Waals surface area contributed by atoms with Crippen molar-refractivity contribution in [1.82, 2.24) is 10.2 Å². The van der Waals surface area contributed by atoms with E-state index in [4.69, 9.17) is 15.2 Å². The van der Waals surface area contributed by atoms with E-state index in [-0.39, 0.29) is 30.1 Å². The van der Waals surface area contributed by atoms with Crippen molar-refractivity contribution in [3.63, 3.8) is 0 Å². The van der Waals surface area contributed by atoms with Crippen LogP contribution in [0.15, 0.2) is 28.8 Å². The Morgan fingerprint density at radius 1 is 1.40 bits per heavy atom. The van der Waals surface area contributed by atoms with Crippen LogP contribution in [-0.4, -0.2) is 63.3 Å². The zero-order chi connectivity index (χ0) is 22.1.